The minimum Gasteiger partial charge on any atom is -0.496 e. The number of benzene rings is 1. The van der Waals surface area contributed by atoms with Gasteiger partial charge >= 0.3 is 12.1 Å². The summed E-state index contributed by atoms with van der Waals surface area (Å²) in [5, 5.41) is 21.1. The van der Waals surface area contributed by atoms with Gasteiger partial charge in [0.1, 0.15) is 47.0 Å². The van der Waals surface area contributed by atoms with Crippen LogP contribution in [0.3, 0.4) is 0 Å². The number of aromatic nitrogens is 2. The number of likely N-dealkylation sites (tertiary alicyclic amines) is 1. The second-order valence-electron chi connectivity index (χ2n) is 16.1. The number of ether oxygens (including phenoxy) is 4. The van der Waals surface area contributed by atoms with Crippen LogP contribution in [0.4, 0.5) is 9.93 Å². The Hall–Kier alpha value is -5.55. The molecule has 16 nitrogen and oxygen atoms in total. The highest BCUT2D eigenvalue weighted by Gasteiger charge is 2.61. The molecule has 1 aromatic carbocycles. The molecule has 0 bridgehead atoms. The van der Waals surface area contributed by atoms with Crippen molar-refractivity contribution in [1.82, 2.24) is 25.5 Å². The highest BCUT2D eigenvalue weighted by molar-refractivity contribution is 7.14. The number of hydrogen-bond acceptors (Lipinski definition) is 12. The number of nitrogens with zero attached hydrogens (tertiary/aromatic N) is 3. The Kier molecular flexibility index (Phi) is 12.1. The molecule has 4 N–H and O–H groups in total. The molecular formula is C41H50N6O10S. The lowest BCUT2D eigenvalue weighted by Crippen LogP contribution is -2.59. The molecule has 2 aliphatic heterocycles. The summed E-state index contributed by atoms with van der Waals surface area (Å²) in [6, 6.07) is 3.01. The van der Waals surface area contributed by atoms with Crippen LogP contribution in [0, 0.1) is 18.3 Å². The molecule has 58 heavy (non-hydrogen) atoms. The number of aliphatic carboxylic acids is 1. The Morgan fingerprint density at radius 2 is 1.91 bits per heavy atom. The lowest BCUT2D eigenvalue weighted by molar-refractivity contribution is -0.146. The number of carboxylic acid groups (broad SMARTS) is 1. The summed E-state index contributed by atoms with van der Waals surface area (Å²) in [6.07, 6.45) is 0.299. The number of aryl methyl sites for hydroxylation is 1. The molecule has 2 saturated heterocycles. The number of rotatable bonds is 14. The number of carbonyl (C=O) groups is 5. The Morgan fingerprint density at radius 3 is 2.53 bits per heavy atom. The molecule has 3 aromatic rings. The number of hydrogen-bond donors (Lipinski definition) is 4. The Balaban J connectivity index is 1.34. The van der Waals surface area contributed by atoms with Crippen LogP contribution in [0.25, 0.3) is 22.3 Å². The summed E-state index contributed by atoms with van der Waals surface area (Å²) in [5.41, 5.74) is 0.521. The van der Waals surface area contributed by atoms with Crippen molar-refractivity contribution in [2.45, 2.75) is 90.1 Å². The number of alkyl carbamates (subject to hydrolysis) is 1. The number of anilines is 1. The predicted octanol–water partition coefficient (Wildman–Crippen LogP) is 5.00. The zero-order valence-corrected chi connectivity index (χ0v) is 34.3. The van der Waals surface area contributed by atoms with Crippen LogP contribution in [0.1, 0.15) is 58.9 Å². The van der Waals surface area contributed by atoms with E-state index in [1.165, 1.54) is 22.3 Å². The molecule has 2 aromatic heterocycles. The van der Waals surface area contributed by atoms with Crippen LogP contribution in [-0.4, -0.2) is 106 Å². The lowest BCUT2D eigenvalue weighted by Gasteiger charge is -2.35. The maximum absolute atomic E-state index is 14.6. The third-order valence-corrected chi connectivity index (χ3v) is 11.3. The van der Waals surface area contributed by atoms with Gasteiger partial charge in [-0.15, -0.1) is 17.9 Å². The van der Waals surface area contributed by atoms with Gasteiger partial charge in [0.25, 0.3) is 0 Å². The van der Waals surface area contributed by atoms with Gasteiger partial charge in [0.2, 0.25) is 17.7 Å². The molecule has 3 aliphatic rings. The van der Waals surface area contributed by atoms with E-state index in [-0.39, 0.29) is 38.3 Å². The van der Waals surface area contributed by atoms with Gasteiger partial charge in [0, 0.05) is 47.6 Å². The fourth-order valence-corrected chi connectivity index (χ4v) is 8.03. The van der Waals surface area contributed by atoms with Crippen molar-refractivity contribution in [3.63, 3.8) is 0 Å². The van der Waals surface area contributed by atoms with E-state index in [9.17, 15) is 29.1 Å². The van der Waals surface area contributed by atoms with E-state index in [1.807, 2.05) is 6.92 Å². The van der Waals surface area contributed by atoms with Crippen molar-refractivity contribution in [1.29, 1.82) is 0 Å². The summed E-state index contributed by atoms with van der Waals surface area (Å²) in [4.78, 5) is 77.6. The van der Waals surface area contributed by atoms with Crippen molar-refractivity contribution in [3.8, 4) is 22.9 Å². The van der Waals surface area contributed by atoms with Gasteiger partial charge in [-0.25, -0.2) is 19.6 Å². The van der Waals surface area contributed by atoms with Gasteiger partial charge < -0.3 is 44.9 Å². The first-order valence-electron chi connectivity index (χ1n) is 19.0. The van der Waals surface area contributed by atoms with Crippen LogP contribution >= 0.6 is 11.3 Å². The number of thiazole rings is 1. The van der Waals surface area contributed by atoms with Gasteiger partial charge in [0.05, 0.1) is 38.1 Å². The van der Waals surface area contributed by atoms with E-state index < -0.39 is 65.0 Å². The number of methoxy groups -OCH3 is 1. The molecule has 4 amide bonds. The van der Waals surface area contributed by atoms with Crippen molar-refractivity contribution >= 4 is 57.2 Å². The highest BCUT2D eigenvalue weighted by atomic mass is 32.1. The van der Waals surface area contributed by atoms with Crippen LogP contribution in [0.15, 0.2) is 48.4 Å². The van der Waals surface area contributed by atoms with E-state index in [4.69, 9.17) is 23.9 Å². The van der Waals surface area contributed by atoms with Gasteiger partial charge in [-0.3, -0.25) is 14.4 Å². The SMILES string of the molecule is C=C[C@@H]1C[C@]1(NC(=O)[C@@H]1C[C@@H](Oc2cc(-c3csc(NC(=O)CC(=C)C)n3)nc3c(C)c(OC)ccc23)CN1C(=O)[C@@H](NC(=O)OC1CCOC1)C(C)(C)C)C(=O)O. The smallest absolute Gasteiger partial charge is 0.408 e. The Morgan fingerprint density at radius 1 is 1.16 bits per heavy atom. The molecule has 1 unspecified atom stereocenters. The average molecular weight is 819 g/mol. The van der Waals surface area contributed by atoms with Crippen LogP contribution in [0.5, 0.6) is 11.5 Å². The summed E-state index contributed by atoms with van der Waals surface area (Å²) in [6.45, 7) is 17.1. The van der Waals surface area contributed by atoms with Crippen molar-refractivity contribution in [2.75, 3.05) is 32.2 Å². The number of carbonyl (C=O) groups excluding carboxylic acids is 4. The molecule has 17 heteroatoms. The normalized spacial score (nSPS) is 23.1. The summed E-state index contributed by atoms with van der Waals surface area (Å²) in [5.74, 6) is -2.20. The maximum atomic E-state index is 14.6. The molecule has 0 spiro atoms. The molecule has 3 fully saturated rings. The quantitative estimate of drug-likeness (QED) is 0.159. The second-order valence-corrected chi connectivity index (χ2v) is 17.0. The van der Waals surface area contributed by atoms with E-state index in [0.717, 1.165) is 5.56 Å². The molecule has 4 heterocycles. The zero-order valence-electron chi connectivity index (χ0n) is 33.5. The second kappa shape index (κ2) is 16.7. The fraction of sp³-hybridized carbons (Fsp3) is 0.488. The molecule has 6 atom stereocenters. The van der Waals surface area contributed by atoms with Gasteiger partial charge in [-0.1, -0.05) is 39.0 Å². The molecule has 0 radical (unpaired) electrons. The first-order valence-corrected chi connectivity index (χ1v) is 19.9. The Bertz CT molecular complexity index is 2140. The highest BCUT2D eigenvalue weighted by Crippen LogP contribution is 2.45. The minimum atomic E-state index is -1.55. The topological polar surface area (TPSA) is 208 Å². The lowest BCUT2D eigenvalue weighted by atomic mass is 9.85. The van der Waals surface area contributed by atoms with Crippen molar-refractivity contribution < 1.29 is 48.0 Å². The molecule has 310 valence electrons. The average Bonchev–Trinajstić information content (AvgIpc) is 3.56. The molecular weight excluding hydrogens is 769 g/mol. The summed E-state index contributed by atoms with van der Waals surface area (Å²) < 4.78 is 23.2. The first kappa shape index (κ1) is 42.1. The third kappa shape index (κ3) is 8.94. The van der Waals surface area contributed by atoms with Crippen LogP contribution < -0.4 is 25.4 Å². The molecule has 6 rings (SSSR count). The first-order chi connectivity index (χ1) is 27.4. The van der Waals surface area contributed by atoms with E-state index in [2.05, 4.69) is 34.1 Å². The molecule has 1 aliphatic carbocycles. The summed E-state index contributed by atoms with van der Waals surface area (Å²) >= 11 is 1.23. The van der Waals surface area contributed by atoms with Crippen molar-refractivity contribution in [3.05, 3.63) is 53.9 Å². The Labute approximate surface area is 340 Å². The van der Waals surface area contributed by atoms with Gasteiger partial charge in [-0.2, -0.15) is 0 Å². The van der Waals surface area contributed by atoms with E-state index in [1.54, 1.807) is 58.4 Å². The zero-order chi connectivity index (χ0) is 42.1. The van der Waals surface area contributed by atoms with Crippen LogP contribution in [-0.2, 0) is 28.7 Å². The van der Waals surface area contributed by atoms with Gasteiger partial charge in [-0.05, 0) is 37.8 Å². The fourth-order valence-electron chi connectivity index (χ4n) is 7.31. The monoisotopic (exact) mass is 818 g/mol. The number of pyridine rings is 1. The van der Waals surface area contributed by atoms with E-state index >= 15 is 0 Å². The predicted molar refractivity (Wildman–Crippen MR) is 216 cm³/mol. The van der Waals surface area contributed by atoms with Crippen molar-refractivity contribution in [2.24, 2.45) is 11.3 Å². The largest absolute Gasteiger partial charge is 0.496 e. The number of fused-ring (bicyclic) bond motifs is 1. The maximum Gasteiger partial charge on any atom is 0.408 e. The third-order valence-electron chi connectivity index (χ3n) is 10.5. The minimum absolute atomic E-state index is 0.00334. The van der Waals surface area contributed by atoms with E-state index in [0.29, 0.717) is 57.5 Å². The number of carboxylic acids is 1. The summed E-state index contributed by atoms with van der Waals surface area (Å²) in [7, 11) is 1.56. The number of nitrogens with one attached hydrogen (secondary N) is 3. The van der Waals surface area contributed by atoms with Crippen LogP contribution in [0.2, 0.25) is 0 Å². The standard InChI is InChI=1S/C41H50N6O10S/c1-9-23-17-41(23,37(51)52)46-35(49)29-15-25(18-47(29)36(50)34(40(5,6)7)45-39(53)57-24-12-13-55-19-24)56-31-16-27(42-33-22(4)30(54-8)11-10-26(31)33)28-20-58-38(43-28)44-32(48)14-21(2)3/h9-11,16,20,23-25,29,34H,1-2,12-15,17-19H2,3-8H3,(H,45,53)(H,46,49)(H,51,52)(H,43,44,48)/t23-,24?,25-,29+,34-,41-/m1/s1. The number of amides is 4. The molecule has 1 saturated carbocycles. The van der Waals surface area contributed by atoms with Gasteiger partial charge in [0.15, 0.2) is 5.13 Å².